The Labute approximate surface area is 89.4 Å². The number of carbonyl (C=O) groups excluding carboxylic acids is 1. The number of nitrogens with zero attached hydrogens (tertiary/aromatic N) is 4. The van der Waals surface area contributed by atoms with E-state index in [1.165, 1.54) is 0 Å². The van der Waals surface area contributed by atoms with Crippen molar-refractivity contribution in [2.75, 3.05) is 5.73 Å². The summed E-state index contributed by atoms with van der Waals surface area (Å²) in [6.07, 6.45) is 0. The summed E-state index contributed by atoms with van der Waals surface area (Å²) in [7, 11) is 0. The van der Waals surface area contributed by atoms with Gasteiger partial charge in [0.2, 0.25) is 17.7 Å². The van der Waals surface area contributed by atoms with E-state index in [4.69, 9.17) is 10.3 Å². The van der Waals surface area contributed by atoms with Crippen molar-refractivity contribution in [3.05, 3.63) is 17.5 Å². The Morgan fingerprint density at radius 2 is 2.38 bits per heavy atom. The lowest BCUT2D eigenvalue weighted by atomic mass is 10.5. The Morgan fingerprint density at radius 1 is 1.56 bits per heavy atom. The molecular formula is C7H9N7O2. The molecule has 84 valence electrons. The number of amides is 1. The predicted molar refractivity (Wildman–Crippen MR) is 51.0 cm³/mol. The highest BCUT2D eigenvalue weighted by Crippen LogP contribution is 1.96. The van der Waals surface area contributed by atoms with Gasteiger partial charge in [0.25, 0.3) is 5.91 Å². The molecule has 1 amide bonds. The van der Waals surface area contributed by atoms with E-state index in [2.05, 4.69) is 30.6 Å². The molecule has 0 spiro atoms. The Kier molecular flexibility index (Phi) is 2.50. The molecule has 0 fully saturated rings. The molecule has 2 rings (SSSR count). The number of carbonyl (C=O) groups is 1. The molecule has 0 radical (unpaired) electrons. The quantitative estimate of drug-likeness (QED) is 0.607. The van der Waals surface area contributed by atoms with Crippen molar-refractivity contribution in [3.8, 4) is 0 Å². The summed E-state index contributed by atoms with van der Waals surface area (Å²) in [5.41, 5.74) is 5.25. The van der Waals surface area contributed by atoms with Gasteiger partial charge in [-0.25, -0.2) is 0 Å². The third kappa shape index (κ3) is 2.13. The van der Waals surface area contributed by atoms with E-state index >= 15 is 0 Å². The number of H-pyrrole nitrogens is 1. The molecule has 0 aliphatic rings. The fourth-order valence-corrected chi connectivity index (χ4v) is 1.03. The Bertz CT molecular complexity index is 502. The SMILES string of the molecule is Cc1nc(CNC(=O)c2nc(N)n[nH]2)no1. The third-order valence-corrected chi connectivity index (χ3v) is 1.69. The highest BCUT2D eigenvalue weighted by molar-refractivity contribution is 5.90. The summed E-state index contributed by atoms with van der Waals surface area (Å²) in [6.45, 7) is 1.81. The molecule has 0 aliphatic heterocycles. The minimum absolute atomic E-state index is 0.0144. The van der Waals surface area contributed by atoms with Gasteiger partial charge in [0.15, 0.2) is 5.82 Å². The van der Waals surface area contributed by atoms with Crippen LogP contribution in [0.2, 0.25) is 0 Å². The highest BCUT2D eigenvalue weighted by Gasteiger charge is 2.11. The summed E-state index contributed by atoms with van der Waals surface area (Å²) in [5.74, 6) is 0.441. The number of nitrogens with two attached hydrogens (primary N) is 1. The van der Waals surface area contributed by atoms with E-state index in [0.29, 0.717) is 11.7 Å². The Balaban J connectivity index is 1.93. The summed E-state index contributed by atoms with van der Waals surface area (Å²) in [4.78, 5) is 19.0. The molecule has 0 aromatic carbocycles. The number of rotatable bonds is 3. The van der Waals surface area contributed by atoms with Crippen molar-refractivity contribution in [3.63, 3.8) is 0 Å². The van der Waals surface area contributed by atoms with E-state index < -0.39 is 5.91 Å². The van der Waals surface area contributed by atoms with Crippen LogP contribution in [0.1, 0.15) is 22.3 Å². The zero-order valence-electron chi connectivity index (χ0n) is 8.39. The number of anilines is 1. The largest absolute Gasteiger partial charge is 0.366 e. The molecule has 2 aromatic heterocycles. The molecule has 9 heteroatoms. The maximum atomic E-state index is 11.5. The van der Waals surface area contributed by atoms with Crippen LogP contribution >= 0.6 is 0 Å². The molecule has 0 aliphatic carbocycles. The van der Waals surface area contributed by atoms with Gasteiger partial charge in [-0.2, -0.15) is 9.97 Å². The van der Waals surface area contributed by atoms with Crippen LogP contribution in [0.3, 0.4) is 0 Å². The number of aromatic amines is 1. The number of aryl methyl sites for hydroxylation is 1. The van der Waals surface area contributed by atoms with E-state index in [9.17, 15) is 4.79 Å². The van der Waals surface area contributed by atoms with Gasteiger partial charge in [-0.15, -0.1) is 5.10 Å². The number of hydrogen-bond acceptors (Lipinski definition) is 7. The second-order valence-corrected chi connectivity index (χ2v) is 2.95. The average Bonchev–Trinajstić information content (AvgIpc) is 2.84. The van der Waals surface area contributed by atoms with E-state index in [-0.39, 0.29) is 18.3 Å². The number of nitrogen functional groups attached to an aromatic ring is 1. The smallest absolute Gasteiger partial charge is 0.289 e. The molecule has 4 N–H and O–H groups in total. The topological polar surface area (TPSA) is 136 Å². The zero-order chi connectivity index (χ0) is 11.5. The summed E-state index contributed by atoms with van der Waals surface area (Å²) < 4.78 is 4.74. The molecule has 16 heavy (non-hydrogen) atoms. The summed E-state index contributed by atoms with van der Waals surface area (Å²) in [6, 6.07) is 0. The standard InChI is InChI=1S/C7H9N7O2/c1-3-10-4(14-16-3)2-9-6(15)5-11-7(8)13-12-5/h2H2,1H3,(H,9,15)(H3,8,11,12,13). The minimum atomic E-state index is -0.438. The molecule has 0 atom stereocenters. The van der Waals surface area contributed by atoms with Crippen LogP contribution in [0.25, 0.3) is 0 Å². The van der Waals surface area contributed by atoms with Gasteiger partial charge >= 0.3 is 0 Å². The van der Waals surface area contributed by atoms with Gasteiger partial charge in [-0.3, -0.25) is 9.89 Å². The van der Waals surface area contributed by atoms with Gasteiger partial charge in [-0.05, 0) is 0 Å². The van der Waals surface area contributed by atoms with Gasteiger partial charge in [0, 0.05) is 6.92 Å². The molecule has 0 saturated carbocycles. The molecule has 0 unspecified atom stereocenters. The number of hydrogen-bond donors (Lipinski definition) is 3. The van der Waals surface area contributed by atoms with Crippen molar-refractivity contribution in [2.45, 2.75) is 13.5 Å². The molecule has 2 aromatic rings. The van der Waals surface area contributed by atoms with Crippen LogP contribution in [0.15, 0.2) is 4.52 Å². The maximum absolute atomic E-state index is 11.5. The zero-order valence-corrected chi connectivity index (χ0v) is 8.39. The van der Waals surface area contributed by atoms with Crippen LogP contribution in [0.4, 0.5) is 5.95 Å². The van der Waals surface area contributed by atoms with E-state index in [0.717, 1.165) is 0 Å². The van der Waals surface area contributed by atoms with Gasteiger partial charge in [0.05, 0.1) is 6.54 Å². The molecule has 0 bridgehead atoms. The minimum Gasteiger partial charge on any atom is -0.366 e. The maximum Gasteiger partial charge on any atom is 0.289 e. The second-order valence-electron chi connectivity index (χ2n) is 2.95. The van der Waals surface area contributed by atoms with Crippen LogP contribution in [0.5, 0.6) is 0 Å². The lowest BCUT2D eigenvalue weighted by Crippen LogP contribution is -2.24. The van der Waals surface area contributed by atoms with Crippen LogP contribution < -0.4 is 11.1 Å². The average molecular weight is 223 g/mol. The molecule has 9 nitrogen and oxygen atoms in total. The number of aromatic nitrogens is 5. The van der Waals surface area contributed by atoms with Crippen molar-refractivity contribution >= 4 is 11.9 Å². The van der Waals surface area contributed by atoms with E-state index in [1.54, 1.807) is 6.92 Å². The Morgan fingerprint density at radius 3 is 2.94 bits per heavy atom. The van der Waals surface area contributed by atoms with Crippen molar-refractivity contribution in [1.29, 1.82) is 0 Å². The van der Waals surface area contributed by atoms with Crippen molar-refractivity contribution in [1.82, 2.24) is 30.6 Å². The second kappa shape index (κ2) is 3.96. The van der Waals surface area contributed by atoms with Gasteiger partial charge in [-0.1, -0.05) is 5.16 Å². The highest BCUT2D eigenvalue weighted by atomic mass is 16.5. The fraction of sp³-hybridized carbons (Fsp3) is 0.286. The predicted octanol–water partition coefficient (Wildman–Crippen LogP) is -0.992. The lowest BCUT2D eigenvalue weighted by molar-refractivity contribution is 0.0939. The van der Waals surface area contributed by atoms with Crippen LogP contribution in [-0.2, 0) is 6.54 Å². The van der Waals surface area contributed by atoms with Crippen molar-refractivity contribution < 1.29 is 9.32 Å². The summed E-state index contributed by atoms with van der Waals surface area (Å²) in [5, 5.41) is 12.1. The first-order valence-electron chi connectivity index (χ1n) is 4.40. The first-order chi connectivity index (χ1) is 7.65. The first kappa shape index (κ1) is 10.1. The van der Waals surface area contributed by atoms with Crippen LogP contribution in [-0.4, -0.2) is 31.2 Å². The molecule has 0 saturated heterocycles. The lowest BCUT2D eigenvalue weighted by Gasteiger charge is -1.97. The monoisotopic (exact) mass is 223 g/mol. The third-order valence-electron chi connectivity index (χ3n) is 1.69. The molecule has 2 heterocycles. The Hall–Kier alpha value is -2.45. The first-order valence-corrected chi connectivity index (χ1v) is 4.40. The van der Waals surface area contributed by atoms with Gasteiger partial charge < -0.3 is 15.6 Å². The van der Waals surface area contributed by atoms with Crippen molar-refractivity contribution in [2.24, 2.45) is 0 Å². The van der Waals surface area contributed by atoms with Crippen LogP contribution in [0, 0.1) is 6.92 Å². The van der Waals surface area contributed by atoms with E-state index in [1.807, 2.05) is 0 Å². The van der Waals surface area contributed by atoms with Gasteiger partial charge in [0.1, 0.15) is 0 Å². The summed E-state index contributed by atoms with van der Waals surface area (Å²) >= 11 is 0. The molecular weight excluding hydrogens is 214 g/mol. The normalized spacial score (nSPS) is 10.3. The number of nitrogens with one attached hydrogen (secondary N) is 2. The fourth-order valence-electron chi connectivity index (χ4n) is 1.03.